The fourth-order valence-electron chi connectivity index (χ4n) is 0.471. The molecule has 0 unspecified atom stereocenters. The minimum Gasteiger partial charge on any atom is -0.0992 e. The molecule has 0 bridgehead atoms. The molecule has 1 heterocycles. The molecule has 0 saturated carbocycles. The summed E-state index contributed by atoms with van der Waals surface area (Å²) < 4.78 is 0. The molecular formula is C6H6Si. The van der Waals surface area contributed by atoms with Crippen LogP contribution < -0.4 is 0 Å². The molecule has 0 nitrogen and oxygen atoms in total. The number of rotatable bonds is 1. The van der Waals surface area contributed by atoms with Gasteiger partial charge in [-0.05, 0) is 0 Å². The van der Waals surface area contributed by atoms with Gasteiger partial charge in [0, 0.05) is 0 Å². The maximum absolute atomic E-state index is 3.64. The van der Waals surface area contributed by atoms with E-state index in [1.165, 1.54) is 5.20 Å². The highest BCUT2D eigenvalue weighted by Gasteiger charge is 1.91. The Morgan fingerprint density at radius 1 is 1.71 bits per heavy atom. The zero-order valence-corrected chi connectivity index (χ0v) is 5.02. The van der Waals surface area contributed by atoms with Gasteiger partial charge in [-0.25, -0.2) is 0 Å². The minimum atomic E-state index is 0.862. The average molecular weight is 106 g/mol. The second kappa shape index (κ2) is 1.94. The minimum absolute atomic E-state index is 0.862. The van der Waals surface area contributed by atoms with Crippen molar-refractivity contribution in [3.8, 4) is 0 Å². The van der Waals surface area contributed by atoms with Crippen molar-refractivity contribution in [2.45, 2.75) is 0 Å². The van der Waals surface area contributed by atoms with Gasteiger partial charge < -0.3 is 0 Å². The Labute approximate surface area is 46.1 Å². The lowest BCUT2D eigenvalue weighted by Gasteiger charge is -1.80. The van der Waals surface area contributed by atoms with Crippen molar-refractivity contribution in [1.82, 2.24) is 0 Å². The molecule has 7 heavy (non-hydrogen) atoms. The standard InChI is InChI=1S/C6H6Si/c1-2-6-4-3-5-7-6/h2-5H,1H2. The first-order chi connectivity index (χ1) is 3.43. The van der Waals surface area contributed by atoms with E-state index in [4.69, 9.17) is 0 Å². The van der Waals surface area contributed by atoms with Gasteiger partial charge in [0.15, 0.2) is 0 Å². The predicted molar refractivity (Wildman–Crippen MR) is 33.2 cm³/mol. The summed E-state index contributed by atoms with van der Waals surface area (Å²) in [6, 6.07) is 0. The molecule has 1 heteroatoms. The van der Waals surface area contributed by atoms with Gasteiger partial charge >= 0.3 is 0 Å². The number of hydrogen-bond donors (Lipinski definition) is 0. The summed E-state index contributed by atoms with van der Waals surface area (Å²) in [5.41, 5.74) is 2.15. The second-order valence-electron chi connectivity index (χ2n) is 1.33. The topological polar surface area (TPSA) is 0 Å². The Bertz CT molecular complexity index is 131. The van der Waals surface area contributed by atoms with E-state index in [1.807, 2.05) is 6.08 Å². The fourth-order valence-corrected chi connectivity index (χ4v) is 1.17. The normalized spacial score (nSPS) is 16.9. The van der Waals surface area contributed by atoms with E-state index >= 15 is 0 Å². The third-order valence-electron chi connectivity index (χ3n) is 0.842. The molecule has 0 fully saturated rings. The summed E-state index contributed by atoms with van der Waals surface area (Å²) in [5.74, 6) is 0. The van der Waals surface area contributed by atoms with Crippen molar-refractivity contribution in [1.29, 1.82) is 0 Å². The summed E-state index contributed by atoms with van der Waals surface area (Å²) in [7, 11) is 0.862. The van der Waals surface area contributed by atoms with Crippen molar-refractivity contribution in [2.75, 3.05) is 0 Å². The molecule has 0 atom stereocenters. The van der Waals surface area contributed by atoms with Crippen molar-refractivity contribution < 1.29 is 0 Å². The Hall–Kier alpha value is -0.563. The lowest BCUT2D eigenvalue weighted by atomic mass is 10.5. The molecule has 0 aromatic heterocycles. The predicted octanol–water partition coefficient (Wildman–Crippen LogP) is 1.29. The van der Waals surface area contributed by atoms with Gasteiger partial charge in [-0.2, -0.15) is 0 Å². The van der Waals surface area contributed by atoms with Crippen LogP contribution in [0.15, 0.2) is 35.7 Å². The van der Waals surface area contributed by atoms with Crippen LogP contribution in [0.1, 0.15) is 0 Å². The highest BCUT2D eigenvalue weighted by atomic mass is 28.2. The van der Waals surface area contributed by atoms with Crippen LogP contribution in [0.5, 0.6) is 0 Å². The van der Waals surface area contributed by atoms with Gasteiger partial charge in [-0.15, -0.1) is 0 Å². The quantitative estimate of drug-likeness (QED) is 0.442. The first kappa shape index (κ1) is 4.59. The largest absolute Gasteiger partial charge is 0.111 e. The molecule has 0 saturated heterocycles. The van der Waals surface area contributed by atoms with Crippen LogP contribution in [-0.2, 0) is 0 Å². The SMILES string of the molecule is C=CC1=CC=C[Si]1. The van der Waals surface area contributed by atoms with Crippen LogP contribution >= 0.6 is 0 Å². The molecule has 0 aromatic carbocycles. The Kier molecular flexibility index (Phi) is 1.27. The van der Waals surface area contributed by atoms with E-state index in [0.29, 0.717) is 0 Å². The highest BCUT2D eigenvalue weighted by molar-refractivity contribution is 6.53. The first-order valence-electron chi connectivity index (χ1n) is 2.19. The molecule has 0 aliphatic carbocycles. The maximum Gasteiger partial charge on any atom is 0.111 e. The van der Waals surface area contributed by atoms with Crippen LogP contribution in [0.25, 0.3) is 0 Å². The fraction of sp³-hybridized carbons (Fsp3) is 0. The molecule has 1 rings (SSSR count). The van der Waals surface area contributed by atoms with E-state index in [9.17, 15) is 0 Å². The number of allylic oxidation sites excluding steroid dienone is 4. The van der Waals surface area contributed by atoms with Gasteiger partial charge in [0.05, 0.1) is 0 Å². The molecule has 0 N–H and O–H groups in total. The smallest absolute Gasteiger partial charge is 0.0992 e. The van der Waals surface area contributed by atoms with Crippen LogP contribution in [0.3, 0.4) is 0 Å². The summed E-state index contributed by atoms with van der Waals surface area (Å²) in [6.45, 7) is 3.64. The zero-order chi connectivity index (χ0) is 5.11. The monoisotopic (exact) mass is 106 g/mol. The van der Waals surface area contributed by atoms with Crippen molar-refractivity contribution in [2.24, 2.45) is 0 Å². The third kappa shape index (κ3) is 0.902. The van der Waals surface area contributed by atoms with Crippen LogP contribution in [-0.4, -0.2) is 9.52 Å². The first-order valence-corrected chi connectivity index (χ1v) is 3.27. The van der Waals surface area contributed by atoms with Gasteiger partial charge in [0.25, 0.3) is 0 Å². The lowest BCUT2D eigenvalue weighted by Crippen LogP contribution is -1.80. The van der Waals surface area contributed by atoms with Gasteiger partial charge in [-0.1, -0.05) is 35.7 Å². The van der Waals surface area contributed by atoms with E-state index in [2.05, 4.69) is 24.4 Å². The summed E-state index contributed by atoms with van der Waals surface area (Å²) in [5, 5.41) is 1.35. The molecule has 0 spiro atoms. The zero-order valence-electron chi connectivity index (χ0n) is 4.02. The highest BCUT2D eigenvalue weighted by Crippen LogP contribution is 1.99. The molecule has 1 aliphatic rings. The molecule has 0 amide bonds. The average Bonchev–Trinajstić information content (AvgIpc) is 2.14. The molecule has 34 valence electrons. The van der Waals surface area contributed by atoms with Crippen LogP contribution in [0.4, 0.5) is 0 Å². The van der Waals surface area contributed by atoms with Crippen molar-refractivity contribution >= 4 is 9.52 Å². The maximum atomic E-state index is 3.64. The Morgan fingerprint density at radius 3 is 2.86 bits per heavy atom. The van der Waals surface area contributed by atoms with E-state index in [1.54, 1.807) is 0 Å². The Morgan fingerprint density at radius 2 is 2.57 bits per heavy atom. The second-order valence-corrected chi connectivity index (χ2v) is 2.53. The van der Waals surface area contributed by atoms with Crippen LogP contribution in [0, 0.1) is 0 Å². The van der Waals surface area contributed by atoms with Gasteiger partial charge in [0.2, 0.25) is 0 Å². The third-order valence-corrected chi connectivity index (χ3v) is 1.91. The van der Waals surface area contributed by atoms with Gasteiger partial charge in [0.1, 0.15) is 9.52 Å². The van der Waals surface area contributed by atoms with E-state index in [0.717, 1.165) is 9.52 Å². The van der Waals surface area contributed by atoms with Crippen molar-refractivity contribution in [3.63, 3.8) is 0 Å². The number of hydrogen-bond acceptors (Lipinski definition) is 0. The van der Waals surface area contributed by atoms with E-state index < -0.39 is 0 Å². The van der Waals surface area contributed by atoms with Crippen LogP contribution in [0.2, 0.25) is 0 Å². The summed E-state index contributed by atoms with van der Waals surface area (Å²) in [4.78, 5) is 0. The molecular weight excluding hydrogens is 100 g/mol. The lowest BCUT2D eigenvalue weighted by molar-refractivity contribution is 1.93. The Balaban J connectivity index is 2.61. The summed E-state index contributed by atoms with van der Waals surface area (Å²) in [6.07, 6.45) is 6.05. The van der Waals surface area contributed by atoms with Gasteiger partial charge in [-0.3, -0.25) is 0 Å². The molecule has 0 aromatic rings. The molecule has 2 radical (unpaired) electrons. The van der Waals surface area contributed by atoms with E-state index in [-0.39, 0.29) is 0 Å². The molecule has 1 aliphatic heterocycles. The summed E-state index contributed by atoms with van der Waals surface area (Å²) >= 11 is 0. The van der Waals surface area contributed by atoms with Crippen molar-refractivity contribution in [3.05, 3.63) is 35.7 Å².